The average molecular weight is 301 g/mol. The molecule has 1 saturated heterocycles. The van der Waals surface area contributed by atoms with Crippen LogP contribution in [-0.4, -0.2) is 27.8 Å². The molecule has 0 saturated carbocycles. The number of aromatic nitrogens is 1. The third kappa shape index (κ3) is 3.75. The minimum Gasteiger partial charge on any atom is -0.296 e. The van der Waals surface area contributed by atoms with Crippen LogP contribution in [0.4, 0.5) is 4.39 Å². The van der Waals surface area contributed by atoms with E-state index in [1.807, 2.05) is 0 Å². The van der Waals surface area contributed by atoms with E-state index in [4.69, 9.17) is 0 Å². The van der Waals surface area contributed by atoms with Gasteiger partial charge in [-0.15, -0.1) is 0 Å². The molecule has 2 rings (SSSR count). The van der Waals surface area contributed by atoms with Crippen LogP contribution in [0.3, 0.4) is 0 Å². The molecule has 0 N–H and O–H groups in total. The van der Waals surface area contributed by atoms with Gasteiger partial charge in [-0.25, -0.2) is 4.39 Å². The summed E-state index contributed by atoms with van der Waals surface area (Å²) in [7, 11) is 0. The molecule has 0 radical (unpaired) electrons. The van der Waals surface area contributed by atoms with E-state index in [0.29, 0.717) is 6.04 Å². The van der Waals surface area contributed by atoms with Crippen LogP contribution in [0.1, 0.15) is 31.2 Å². The van der Waals surface area contributed by atoms with Gasteiger partial charge in [-0.05, 0) is 43.9 Å². The fraction of sp³-hybridized carbons (Fsp3) is 0.615. The van der Waals surface area contributed by atoms with Crippen LogP contribution in [-0.2, 0) is 6.54 Å². The van der Waals surface area contributed by atoms with Crippen molar-refractivity contribution in [3.05, 3.63) is 29.8 Å². The second-order valence-corrected chi connectivity index (χ2v) is 5.40. The number of likely N-dealkylation sites (tertiary alicyclic amines) is 1. The Morgan fingerprint density at radius 2 is 2.35 bits per heavy atom. The van der Waals surface area contributed by atoms with Crippen molar-refractivity contribution in [3.8, 4) is 0 Å². The molecule has 0 aromatic carbocycles. The summed E-state index contributed by atoms with van der Waals surface area (Å²) in [6.07, 6.45) is 8.00. The number of nitrogens with zero attached hydrogens (tertiary/aromatic N) is 2. The van der Waals surface area contributed by atoms with Crippen LogP contribution >= 0.6 is 15.9 Å². The number of hydrogen-bond donors (Lipinski definition) is 0. The van der Waals surface area contributed by atoms with Crippen molar-refractivity contribution < 1.29 is 4.39 Å². The topological polar surface area (TPSA) is 16.1 Å². The number of halogens is 2. The molecular formula is C13H18BrFN2. The Bertz CT molecular complexity index is 359. The fourth-order valence-corrected chi connectivity index (χ4v) is 2.84. The first-order valence-electron chi connectivity index (χ1n) is 6.19. The molecule has 0 amide bonds. The van der Waals surface area contributed by atoms with Gasteiger partial charge in [-0.3, -0.25) is 9.88 Å². The molecule has 1 aliphatic heterocycles. The van der Waals surface area contributed by atoms with E-state index in [1.165, 1.54) is 31.9 Å². The van der Waals surface area contributed by atoms with Gasteiger partial charge >= 0.3 is 0 Å². The van der Waals surface area contributed by atoms with Crippen molar-refractivity contribution >= 4 is 15.9 Å². The molecule has 94 valence electrons. The molecule has 2 heterocycles. The van der Waals surface area contributed by atoms with Gasteiger partial charge in [-0.1, -0.05) is 15.9 Å². The first-order chi connectivity index (χ1) is 8.29. The maximum atomic E-state index is 13.1. The molecule has 1 aromatic rings. The fourth-order valence-electron chi connectivity index (χ4n) is 2.52. The molecule has 17 heavy (non-hydrogen) atoms. The van der Waals surface area contributed by atoms with E-state index in [1.54, 1.807) is 12.3 Å². The lowest BCUT2D eigenvalue weighted by Gasteiger charge is -2.24. The predicted molar refractivity (Wildman–Crippen MR) is 70.7 cm³/mol. The molecule has 0 aliphatic carbocycles. The molecule has 1 unspecified atom stereocenters. The summed E-state index contributed by atoms with van der Waals surface area (Å²) in [5, 5.41) is 1.07. The minimum absolute atomic E-state index is 0.237. The van der Waals surface area contributed by atoms with Gasteiger partial charge in [0.25, 0.3) is 0 Å². The van der Waals surface area contributed by atoms with Crippen molar-refractivity contribution in [3.63, 3.8) is 0 Å². The summed E-state index contributed by atoms with van der Waals surface area (Å²) >= 11 is 3.47. The monoisotopic (exact) mass is 300 g/mol. The molecule has 0 spiro atoms. The predicted octanol–water partition coefficient (Wildman–Crippen LogP) is 3.36. The highest BCUT2D eigenvalue weighted by Crippen LogP contribution is 2.23. The maximum Gasteiger partial charge on any atom is 0.141 e. The van der Waals surface area contributed by atoms with E-state index in [-0.39, 0.29) is 5.82 Å². The Balaban J connectivity index is 1.93. The molecule has 1 aromatic heterocycles. The van der Waals surface area contributed by atoms with Crippen molar-refractivity contribution in [2.75, 3.05) is 11.9 Å². The zero-order valence-electron chi connectivity index (χ0n) is 9.91. The molecule has 1 atom stereocenters. The van der Waals surface area contributed by atoms with E-state index in [9.17, 15) is 4.39 Å². The van der Waals surface area contributed by atoms with Gasteiger partial charge in [0, 0.05) is 24.1 Å². The third-order valence-corrected chi connectivity index (χ3v) is 3.88. The second-order valence-electron chi connectivity index (χ2n) is 4.61. The summed E-state index contributed by atoms with van der Waals surface area (Å²) in [6.45, 7) is 1.96. The van der Waals surface area contributed by atoms with Crippen LogP contribution in [0.25, 0.3) is 0 Å². The number of rotatable bonds is 5. The molecule has 1 aliphatic rings. The number of pyridine rings is 1. The van der Waals surface area contributed by atoms with Crippen molar-refractivity contribution in [2.24, 2.45) is 0 Å². The summed E-state index contributed by atoms with van der Waals surface area (Å²) in [6, 6.07) is 2.25. The molecule has 2 nitrogen and oxygen atoms in total. The highest BCUT2D eigenvalue weighted by atomic mass is 79.9. The van der Waals surface area contributed by atoms with Crippen LogP contribution in [0.15, 0.2) is 18.5 Å². The summed E-state index contributed by atoms with van der Waals surface area (Å²) in [5.74, 6) is -0.237. The standard InChI is InChI=1S/C13H18BrFN2/c14-5-1-3-13-4-2-6-17(13)10-11-7-12(15)9-16-8-11/h7-9,13H,1-6,10H2. The molecule has 0 bridgehead atoms. The van der Waals surface area contributed by atoms with Crippen molar-refractivity contribution in [1.82, 2.24) is 9.88 Å². The van der Waals surface area contributed by atoms with Gasteiger partial charge in [-0.2, -0.15) is 0 Å². The van der Waals surface area contributed by atoms with E-state index in [2.05, 4.69) is 25.8 Å². The zero-order chi connectivity index (χ0) is 12.1. The Kier molecular flexibility index (Phi) is 4.92. The highest BCUT2D eigenvalue weighted by Gasteiger charge is 2.23. The highest BCUT2D eigenvalue weighted by molar-refractivity contribution is 9.09. The minimum atomic E-state index is -0.237. The SMILES string of the molecule is Fc1cncc(CN2CCCC2CCCBr)c1. The average Bonchev–Trinajstić information content (AvgIpc) is 2.74. The summed E-state index contributed by atoms with van der Waals surface area (Å²) < 4.78 is 13.1. The van der Waals surface area contributed by atoms with Crippen LogP contribution in [0.5, 0.6) is 0 Å². The summed E-state index contributed by atoms with van der Waals surface area (Å²) in [5.41, 5.74) is 0.982. The van der Waals surface area contributed by atoms with E-state index >= 15 is 0 Å². The smallest absolute Gasteiger partial charge is 0.141 e. The first-order valence-corrected chi connectivity index (χ1v) is 7.31. The van der Waals surface area contributed by atoms with Gasteiger partial charge in [0.15, 0.2) is 0 Å². The first kappa shape index (κ1) is 13.0. The number of alkyl halides is 1. The normalized spacial score (nSPS) is 20.9. The zero-order valence-corrected chi connectivity index (χ0v) is 11.5. The maximum absolute atomic E-state index is 13.1. The largest absolute Gasteiger partial charge is 0.296 e. The Morgan fingerprint density at radius 3 is 3.12 bits per heavy atom. The van der Waals surface area contributed by atoms with Crippen molar-refractivity contribution in [1.29, 1.82) is 0 Å². The summed E-state index contributed by atoms with van der Waals surface area (Å²) in [4.78, 5) is 6.36. The van der Waals surface area contributed by atoms with E-state index in [0.717, 1.165) is 24.0 Å². The molecule has 1 fully saturated rings. The van der Waals surface area contributed by atoms with Crippen LogP contribution in [0, 0.1) is 5.82 Å². The van der Waals surface area contributed by atoms with Crippen molar-refractivity contribution in [2.45, 2.75) is 38.3 Å². The Morgan fingerprint density at radius 1 is 1.47 bits per heavy atom. The van der Waals surface area contributed by atoms with E-state index < -0.39 is 0 Å². The van der Waals surface area contributed by atoms with Gasteiger partial charge in [0.1, 0.15) is 5.82 Å². The molecular weight excluding hydrogens is 283 g/mol. The lowest BCUT2D eigenvalue weighted by molar-refractivity contribution is 0.233. The van der Waals surface area contributed by atoms with Gasteiger partial charge in [0.05, 0.1) is 6.20 Å². The lowest BCUT2D eigenvalue weighted by Crippen LogP contribution is -2.29. The Hall–Kier alpha value is -0.480. The lowest BCUT2D eigenvalue weighted by atomic mass is 10.1. The van der Waals surface area contributed by atoms with Crippen LogP contribution in [0.2, 0.25) is 0 Å². The van der Waals surface area contributed by atoms with Crippen LogP contribution < -0.4 is 0 Å². The quantitative estimate of drug-likeness (QED) is 0.775. The third-order valence-electron chi connectivity index (χ3n) is 3.32. The van der Waals surface area contributed by atoms with Gasteiger partial charge in [0.2, 0.25) is 0 Å². The second kappa shape index (κ2) is 6.45. The van der Waals surface area contributed by atoms with Gasteiger partial charge < -0.3 is 0 Å². The Labute approximate surface area is 110 Å². The molecule has 4 heteroatoms. The number of hydrogen-bond acceptors (Lipinski definition) is 2.